The Bertz CT molecular complexity index is 1620. The number of aromatic nitrogens is 2. The zero-order valence-corrected chi connectivity index (χ0v) is 24.2. The lowest BCUT2D eigenvalue weighted by Gasteiger charge is -2.18. The van der Waals surface area contributed by atoms with Crippen LogP contribution in [-0.4, -0.2) is 46.0 Å². The van der Waals surface area contributed by atoms with Crippen LogP contribution in [0.5, 0.6) is 0 Å². The first-order valence-corrected chi connectivity index (χ1v) is 15.6. The van der Waals surface area contributed by atoms with Gasteiger partial charge in [0.25, 0.3) is 5.56 Å². The number of hydrogen-bond acceptors (Lipinski definition) is 8. The van der Waals surface area contributed by atoms with E-state index in [9.17, 15) is 14.4 Å². The van der Waals surface area contributed by atoms with Crippen LogP contribution in [0.2, 0.25) is 0 Å². The van der Waals surface area contributed by atoms with Crippen molar-refractivity contribution in [1.29, 1.82) is 0 Å². The molecule has 0 bridgehead atoms. The fraction of sp³-hybridized carbons (Fsp3) is 0.400. The number of likely N-dealkylation sites (tertiary alicyclic amines) is 1. The first-order chi connectivity index (χ1) is 19.5. The van der Waals surface area contributed by atoms with Crippen molar-refractivity contribution in [3.8, 4) is 10.4 Å². The Morgan fingerprint density at radius 3 is 2.60 bits per heavy atom. The molecule has 1 aliphatic carbocycles. The van der Waals surface area contributed by atoms with Gasteiger partial charge in [-0.1, -0.05) is 30.3 Å². The number of nitrogens with zero attached hydrogens (tertiary/aromatic N) is 3. The molecule has 0 atom stereocenters. The summed E-state index contributed by atoms with van der Waals surface area (Å²) in [6.07, 6.45) is 6.30. The van der Waals surface area contributed by atoms with Crippen molar-refractivity contribution in [2.75, 3.05) is 25.0 Å². The van der Waals surface area contributed by atoms with E-state index >= 15 is 0 Å². The minimum atomic E-state index is -0.490. The van der Waals surface area contributed by atoms with Crippen LogP contribution in [0.15, 0.2) is 41.2 Å². The van der Waals surface area contributed by atoms with E-state index in [2.05, 4.69) is 10.2 Å². The maximum atomic E-state index is 14.0. The third-order valence-corrected chi connectivity index (χ3v) is 9.84. The summed E-state index contributed by atoms with van der Waals surface area (Å²) in [7, 11) is 0. The van der Waals surface area contributed by atoms with Crippen molar-refractivity contribution in [2.45, 2.75) is 58.5 Å². The minimum Gasteiger partial charge on any atom is -0.462 e. The normalized spacial score (nSPS) is 15.3. The van der Waals surface area contributed by atoms with Crippen molar-refractivity contribution in [3.05, 3.63) is 68.6 Å². The maximum absolute atomic E-state index is 14.0. The van der Waals surface area contributed by atoms with Gasteiger partial charge in [0.05, 0.1) is 24.1 Å². The van der Waals surface area contributed by atoms with Crippen LogP contribution in [-0.2, 0) is 35.5 Å². The highest BCUT2D eigenvalue weighted by molar-refractivity contribution is 7.20. The molecule has 4 heterocycles. The van der Waals surface area contributed by atoms with Crippen LogP contribution in [0.1, 0.15) is 59.2 Å². The van der Waals surface area contributed by atoms with Gasteiger partial charge in [0.1, 0.15) is 22.2 Å². The van der Waals surface area contributed by atoms with Gasteiger partial charge in [-0.15, -0.1) is 22.7 Å². The Balaban J connectivity index is 1.34. The molecule has 0 radical (unpaired) electrons. The van der Waals surface area contributed by atoms with Gasteiger partial charge in [-0.05, 0) is 75.7 Å². The Morgan fingerprint density at radius 1 is 1.05 bits per heavy atom. The second kappa shape index (κ2) is 11.6. The predicted molar refractivity (Wildman–Crippen MR) is 159 cm³/mol. The molecule has 1 amide bonds. The second-order valence-electron chi connectivity index (χ2n) is 10.3. The molecule has 1 fully saturated rings. The number of ether oxygens (including phenoxy) is 1. The van der Waals surface area contributed by atoms with Crippen LogP contribution in [0, 0.1) is 0 Å². The smallest absolute Gasteiger partial charge is 0.341 e. The molecule has 0 unspecified atom stereocenters. The molecule has 2 aliphatic rings. The molecule has 10 heteroatoms. The van der Waals surface area contributed by atoms with Gasteiger partial charge >= 0.3 is 5.97 Å². The number of rotatable bonds is 8. The number of fused-ring (bicyclic) bond motifs is 3. The number of carbonyl (C=O) groups excluding carboxylic acids is 2. The highest BCUT2D eigenvalue weighted by Gasteiger charge is 2.25. The molecule has 3 aromatic heterocycles. The molecule has 1 aromatic carbocycles. The number of amides is 1. The fourth-order valence-corrected chi connectivity index (χ4v) is 7.94. The van der Waals surface area contributed by atoms with Gasteiger partial charge in [-0.25, -0.2) is 9.78 Å². The number of thiophene rings is 2. The number of nitrogens with one attached hydrogen (secondary N) is 1. The zero-order valence-electron chi connectivity index (χ0n) is 22.5. The standard InChI is InChI=1S/C30H32N4O4S2/c1-2-38-30(37)21-16-23(19-10-4-3-5-11-19)40-27(21)32-25(35)18-34-24(17-33-14-8-9-15-33)31-28-26(29(34)36)20-12-6-7-13-22(20)39-28/h3-5,10-11,16H,2,6-9,12-15,17-18H2,1H3,(H,32,35). The van der Waals surface area contributed by atoms with Crippen molar-refractivity contribution >= 4 is 49.8 Å². The lowest BCUT2D eigenvalue weighted by Crippen LogP contribution is -2.34. The van der Waals surface area contributed by atoms with E-state index in [0.29, 0.717) is 28.3 Å². The van der Waals surface area contributed by atoms with Crippen LogP contribution in [0.25, 0.3) is 20.7 Å². The van der Waals surface area contributed by atoms with Gasteiger partial charge in [0.15, 0.2) is 0 Å². The summed E-state index contributed by atoms with van der Waals surface area (Å²) in [5.74, 6) is -0.243. The van der Waals surface area contributed by atoms with Crippen molar-refractivity contribution < 1.29 is 14.3 Å². The zero-order chi connectivity index (χ0) is 27.6. The average molecular weight is 577 g/mol. The SMILES string of the molecule is CCOC(=O)c1cc(-c2ccccc2)sc1NC(=O)Cn1c(CN2CCCC2)nc2sc3c(c2c1=O)CCCC3. The van der Waals surface area contributed by atoms with E-state index < -0.39 is 5.97 Å². The van der Waals surface area contributed by atoms with Gasteiger partial charge in [0, 0.05) is 9.75 Å². The van der Waals surface area contributed by atoms with Crippen molar-refractivity contribution in [1.82, 2.24) is 14.5 Å². The molecule has 0 spiro atoms. The van der Waals surface area contributed by atoms with Gasteiger partial charge < -0.3 is 10.1 Å². The summed E-state index contributed by atoms with van der Waals surface area (Å²) in [6, 6.07) is 11.5. The number of esters is 1. The van der Waals surface area contributed by atoms with Crippen LogP contribution in [0.4, 0.5) is 5.00 Å². The maximum Gasteiger partial charge on any atom is 0.341 e. The van der Waals surface area contributed by atoms with Crippen LogP contribution < -0.4 is 10.9 Å². The summed E-state index contributed by atoms with van der Waals surface area (Å²) in [5.41, 5.74) is 2.22. The number of anilines is 1. The third kappa shape index (κ3) is 5.35. The van der Waals surface area contributed by atoms with E-state index in [1.54, 1.807) is 28.9 Å². The third-order valence-electron chi connectivity index (χ3n) is 7.56. The summed E-state index contributed by atoms with van der Waals surface area (Å²) in [6.45, 7) is 4.27. The van der Waals surface area contributed by atoms with Crippen LogP contribution in [0.3, 0.4) is 0 Å². The summed E-state index contributed by atoms with van der Waals surface area (Å²) in [4.78, 5) is 50.4. The largest absolute Gasteiger partial charge is 0.462 e. The molecular formula is C30H32N4O4S2. The van der Waals surface area contributed by atoms with Crippen molar-refractivity contribution in [3.63, 3.8) is 0 Å². The minimum absolute atomic E-state index is 0.143. The summed E-state index contributed by atoms with van der Waals surface area (Å²) in [5, 5.41) is 4.01. The number of carbonyl (C=O) groups is 2. The molecule has 40 heavy (non-hydrogen) atoms. The Labute approximate surface area is 240 Å². The highest BCUT2D eigenvalue weighted by Crippen LogP contribution is 2.36. The molecule has 4 aromatic rings. The van der Waals surface area contributed by atoms with Gasteiger partial charge in [-0.3, -0.25) is 19.1 Å². The first-order valence-electron chi connectivity index (χ1n) is 13.9. The Morgan fingerprint density at radius 2 is 1.82 bits per heavy atom. The molecule has 8 nitrogen and oxygen atoms in total. The highest BCUT2D eigenvalue weighted by atomic mass is 32.1. The van der Waals surface area contributed by atoms with E-state index in [1.165, 1.54) is 16.2 Å². The molecular weight excluding hydrogens is 544 g/mol. The van der Waals surface area contributed by atoms with E-state index in [0.717, 1.165) is 72.4 Å². The van der Waals surface area contributed by atoms with Crippen molar-refractivity contribution in [2.24, 2.45) is 0 Å². The lowest BCUT2D eigenvalue weighted by molar-refractivity contribution is -0.116. The fourth-order valence-electron chi connectivity index (χ4n) is 5.60. The summed E-state index contributed by atoms with van der Waals surface area (Å²) < 4.78 is 6.82. The molecule has 208 valence electrons. The van der Waals surface area contributed by atoms with Gasteiger partial charge in [-0.2, -0.15) is 0 Å². The molecule has 6 rings (SSSR count). The molecule has 0 saturated carbocycles. The quantitative estimate of drug-likeness (QED) is 0.280. The second-order valence-corrected chi connectivity index (χ2v) is 12.4. The topological polar surface area (TPSA) is 93.5 Å². The Hall–Kier alpha value is -3.34. The molecule has 1 aliphatic heterocycles. The Kier molecular flexibility index (Phi) is 7.82. The monoisotopic (exact) mass is 576 g/mol. The predicted octanol–water partition coefficient (Wildman–Crippen LogP) is 5.48. The first kappa shape index (κ1) is 26.9. The van der Waals surface area contributed by atoms with E-state index in [-0.39, 0.29) is 24.6 Å². The van der Waals surface area contributed by atoms with Crippen LogP contribution >= 0.6 is 22.7 Å². The van der Waals surface area contributed by atoms with E-state index in [4.69, 9.17) is 9.72 Å². The van der Waals surface area contributed by atoms with E-state index in [1.807, 2.05) is 30.3 Å². The number of hydrogen-bond donors (Lipinski definition) is 1. The number of benzene rings is 1. The molecule has 1 N–H and O–H groups in total. The molecule has 1 saturated heterocycles. The number of aryl methyl sites for hydroxylation is 2. The summed E-state index contributed by atoms with van der Waals surface area (Å²) >= 11 is 2.95. The average Bonchev–Trinajstić information content (AvgIpc) is 3.70. The van der Waals surface area contributed by atoms with Gasteiger partial charge in [0.2, 0.25) is 5.91 Å². The lowest BCUT2D eigenvalue weighted by atomic mass is 9.97.